The Bertz CT molecular complexity index is 640. The van der Waals surface area contributed by atoms with Crippen molar-refractivity contribution in [2.75, 3.05) is 18.8 Å². The van der Waals surface area contributed by atoms with E-state index in [1.165, 1.54) is 4.31 Å². The second kappa shape index (κ2) is 5.42. The van der Waals surface area contributed by atoms with Crippen LogP contribution in [0.5, 0.6) is 0 Å². The second-order valence-electron chi connectivity index (χ2n) is 5.59. The number of rotatable bonds is 1. The Labute approximate surface area is 123 Å². The first-order valence-corrected chi connectivity index (χ1v) is 8.84. The molecule has 21 heavy (non-hydrogen) atoms. The highest BCUT2D eigenvalue weighted by atomic mass is 32.2. The highest BCUT2D eigenvalue weighted by Crippen LogP contribution is 2.28. The molecular formula is C13H19N3O4S. The standard InChI is InChI=1S/C13H19N3O4S/c1-10-9-11(20-14-10)13(17)15-7-8-21(18,19)16-6-4-2-3-5-12(15)16/h9,12H,2-8H2,1H3. The summed E-state index contributed by atoms with van der Waals surface area (Å²) in [6.45, 7) is 2.45. The van der Waals surface area contributed by atoms with Crippen LogP contribution in [0.3, 0.4) is 0 Å². The van der Waals surface area contributed by atoms with Crippen molar-refractivity contribution in [3.63, 3.8) is 0 Å². The van der Waals surface area contributed by atoms with Gasteiger partial charge in [0.05, 0.1) is 17.6 Å². The van der Waals surface area contributed by atoms with Crippen LogP contribution in [0.4, 0.5) is 0 Å². The zero-order chi connectivity index (χ0) is 15.0. The lowest BCUT2D eigenvalue weighted by molar-refractivity contribution is 0.0454. The molecule has 0 aromatic carbocycles. The van der Waals surface area contributed by atoms with E-state index in [0.29, 0.717) is 18.7 Å². The van der Waals surface area contributed by atoms with Gasteiger partial charge >= 0.3 is 0 Å². The van der Waals surface area contributed by atoms with Crippen LogP contribution in [0.1, 0.15) is 41.9 Å². The van der Waals surface area contributed by atoms with Gasteiger partial charge in [-0.1, -0.05) is 11.6 Å². The fraction of sp³-hybridized carbons (Fsp3) is 0.692. The van der Waals surface area contributed by atoms with E-state index in [1.807, 2.05) is 0 Å². The average Bonchev–Trinajstić information content (AvgIpc) is 2.72. The summed E-state index contributed by atoms with van der Waals surface area (Å²) in [6, 6.07) is 1.59. The molecule has 116 valence electrons. The molecular weight excluding hydrogens is 294 g/mol. The lowest BCUT2D eigenvalue weighted by Gasteiger charge is -2.41. The Hall–Kier alpha value is -1.41. The third kappa shape index (κ3) is 2.69. The lowest BCUT2D eigenvalue weighted by atomic mass is 10.2. The predicted octanol–water partition coefficient (Wildman–Crippen LogP) is 0.971. The van der Waals surface area contributed by atoms with Gasteiger partial charge in [0.15, 0.2) is 0 Å². The zero-order valence-corrected chi connectivity index (χ0v) is 12.8. The number of aromatic nitrogens is 1. The van der Waals surface area contributed by atoms with Gasteiger partial charge in [-0.15, -0.1) is 0 Å². The maximum Gasteiger partial charge on any atom is 0.293 e. The van der Waals surface area contributed by atoms with Crippen molar-refractivity contribution in [3.8, 4) is 0 Å². The first kappa shape index (κ1) is 14.5. The van der Waals surface area contributed by atoms with E-state index in [9.17, 15) is 13.2 Å². The topological polar surface area (TPSA) is 83.7 Å². The number of hydrogen-bond acceptors (Lipinski definition) is 5. The van der Waals surface area contributed by atoms with Crippen molar-refractivity contribution in [1.82, 2.24) is 14.4 Å². The number of nitrogens with zero attached hydrogens (tertiary/aromatic N) is 3. The highest BCUT2D eigenvalue weighted by Gasteiger charge is 2.42. The fourth-order valence-corrected chi connectivity index (χ4v) is 4.68. The normalized spacial score (nSPS) is 26.1. The van der Waals surface area contributed by atoms with Crippen LogP contribution in [0.15, 0.2) is 10.6 Å². The molecule has 2 aliphatic heterocycles. The molecule has 1 aromatic rings. The number of aryl methyl sites for hydroxylation is 1. The lowest BCUT2D eigenvalue weighted by Crippen LogP contribution is -2.59. The summed E-state index contributed by atoms with van der Waals surface area (Å²) in [4.78, 5) is 14.2. The number of fused-ring (bicyclic) bond motifs is 1. The fourth-order valence-electron chi connectivity index (χ4n) is 3.02. The molecule has 1 amide bonds. The van der Waals surface area contributed by atoms with E-state index < -0.39 is 10.0 Å². The van der Waals surface area contributed by atoms with Gasteiger partial charge in [0.1, 0.15) is 0 Å². The minimum Gasteiger partial charge on any atom is -0.351 e. The molecule has 2 saturated heterocycles. The predicted molar refractivity (Wildman–Crippen MR) is 75.0 cm³/mol. The molecule has 1 atom stereocenters. The minimum atomic E-state index is -3.26. The second-order valence-corrected chi connectivity index (χ2v) is 7.63. The molecule has 1 unspecified atom stereocenters. The molecule has 3 heterocycles. The van der Waals surface area contributed by atoms with E-state index in [0.717, 1.165) is 19.3 Å². The number of hydrogen-bond donors (Lipinski definition) is 0. The Morgan fingerprint density at radius 2 is 2.14 bits per heavy atom. The van der Waals surface area contributed by atoms with Crippen LogP contribution >= 0.6 is 0 Å². The van der Waals surface area contributed by atoms with Gasteiger partial charge < -0.3 is 9.42 Å². The van der Waals surface area contributed by atoms with Crippen LogP contribution < -0.4 is 0 Å². The van der Waals surface area contributed by atoms with Crippen LogP contribution in [-0.2, 0) is 10.0 Å². The molecule has 0 saturated carbocycles. The first-order valence-electron chi connectivity index (χ1n) is 7.23. The molecule has 8 heteroatoms. The van der Waals surface area contributed by atoms with E-state index in [4.69, 9.17) is 4.52 Å². The number of sulfonamides is 1. The molecule has 7 nitrogen and oxygen atoms in total. The maximum atomic E-state index is 12.6. The molecule has 2 aliphatic rings. The molecule has 1 aromatic heterocycles. The van der Waals surface area contributed by atoms with Gasteiger partial charge in [0, 0.05) is 19.2 Å². The van der Waals surface area contributed by atoms with E-state index in [-0.39, 0.29) is 30.1 Å². The van der Waals surface area contributed by atoms with E-state index >= 15 is 0 Å². The summed E-state index contributed by atoms with van der Waals surface area (Å²) in [6.07, 6.45) is 3.06. The van der Waals surface area contributed by atoms with Crippen molar-refractivity contribution in [3.05, 3.63) is 17.5 Å². The Kier molecular flexibility index (Phi) is 3.75. The van der Waals surface area contributed by atoms with Gasteiger partial charge in [-0.25, -0.2) is 8.42 Å². The van der Waals surface area contributed by atoms with Crippen molar-refractivity contribution < 1.29 is 17.7 Å². The van der Waals surface area contributed by atoms with Gasteiger partial charge in [0.25, 0.3) is 5.91 Å². The minimum absolute atomic E-state index is 0.0254. The molecule has 0 bridgehead atoms. The van der Waals surface area contributed by atoms with Crippen LogP contribution in [0.25, 0.3) is 0 Å². The van der Waals surface area contributed by atoms with Crippen LogP contribution in [0, 0.1) is 6.92 Å². The number of amides is 1. The molecule has 0 radical (unpaired) electrons. The molecule has 0 spiro atoms. The summed E-state index contributed by atoms with van der Waals surface area (Å²) in [7, 11) is -3.26. The van der Waals surface area contributed by atoms with Crippen molar-refractivity contribution in [2.45, 2.75) is 38.8 Å². The van der Waals surface area contributed by atoms with Gasteiger partial charge in [-0.2, -0.15) is 4.31 Å². The van der Waals surface area contributed by atoms with Gasteiger partial charge in [-0.05, 0) is 26.2 Å². The van der Waals surface area contributed by atoms with Crippen LogP contribution in [0.2, 0.25) is 0 Å². The summed E-state index contributed by atoms with van der Waals surface area (Å²) >= 11 is 0. The summed E-state index contributed by atoms with van der Waals surface area (Å²) in [5, 5.41) is 3.73. The monoisotopic (exact) mass is 313 g/mol. The summed E-state index contributed by atoms with van der Waals surface area (Å²) in [5.41, 5.74) is 0.640. The first-order chi connectivity index (χ1) is 9.99. The SMILES string of the molecule is Cc1cc(C(=O)N2CCS(=O)(=O)N3CCCCCC23)on1. The number of carbonyl (C=O) groups is 1. The van der Waals surface area contributed by atoms with E-state index in [1.54, 1.807) is 17.9 Å². The Balaban J connectivity index is 1.90. The smallest absolute Gasteiger partial charge is 0.293 e. The van der Waals surface area contributed by atoms with Crippen LogP contribution in [-0.4, -0.2) is 53.7 Å². The largest absolute Gasteiger partial charge is 0.351 e. The van der Waals surface area contributed by atoms with Crippen molar-refractivity contribution in [1.29, 1.82) is 0 Å². The Morgan fingerprint density at radius 1 is 1.33 bits per heavy atom. The third-order valence-electron chi connectivity index (χ3n) is 4.08. The zero-order valence-electron chi connectivity index (χ0n) is 12.0. The molecule has 3 rings (SSSR count). The van der Waals surface area contributed by atoms with Crippen molar-refractivity contribution in [2.24, 2.45) is 0 Å². The third-order valence-corrected chi connectivity index (χ3v) is 5.92. The average molecular weight is 313 g/mol. The van der Waals surface area contributed by atoms with Gasteiger partial charge in [0.2, 0.25) is 15.8 Å². The molecule has 0 N–H and O–H groups in total. The number of carbonyl (C=O) groups excluding carboxylic acids is 1. The van der Waals surface area contributed by atoms with E-state index in [2.05, 4.69) is 5.16 Å². The molecule has 0 aliphatic carbocycles. The summed E-state index contributed by atoms with van der Waals surface area (Å²) < 4.78 is 31.0. The maximum absolute atomic E-state index is 12.6. The Morgan fingerprint density at radius 3 is 2.86 bits per heavy atom. The molecule has 2 fully saturated rings. The quantitative estimate of drug-likeness (QED) is 0.771. The summed E-state index contributed by atoms with van der Waals surface area (Å²) in [5.74, 6) is -0.124. The highest BCUT2D eigenvalue weighted by molar-refractivity contribution is 7.89. The van der Waals surface area contributed by atoms with Crippen molar-refractivity contribution >= 4 is 15.9 Å². The van der Waals surface area contributed by atoms with Gasteiger partial charge in [-0.3, -0.25) is 4.79 Å².